The zero-order valence-electron chi connectivity index (χ0n) is 30.9. The summed E-state index contributed by atoms with van der Waals surface area (Å²) in [6.45, 7) is 0. The van der Waals surface area contributed by atoms with Crippen LogP contribution < -0.4 is 4.72 Å². The van der Waals surface area contributed by atoms with E-state index < -0.39 is 31.0 Å². The summed E-state index contributed by atoms with van der Waals surface area (Å²) in [4.78, 5) is 12.4. The highest BCUT2D eigenvalue weighted by atomic mass is 32.2. The van der Waals surface area contributed by atoms with E-state index in [-0.39, 0.29) is 42.4 Å². The molecule has 0 aliphatic rings. The van der Waals surface area contributed by atoms with E-state index in [0.717, 1.165) is 0 Å². The van der Waals surface area contributed by atoms with Crippen LogP contribution in [0.1, 0.15) is 10.4 Å². The highest BCUT2D eigenvalue weighted by Gasteiger charge is 2.65. The van der Waals surface area contributed by atoms with Crippen molar-refractivity contribution in [1.82, 2.24) is 0 Å². The van der Waals surface area contributed by atoms with Gasteiger partial charge in [0.15, 0.2) is 0 Å². The quantitative estimate of drug-likeness (QED) is 0.202. The lowest BCUT2D eigenvalue weighted by Crippen LogP contribution is -2.65. The van der Waals surface area contributed by atoms with Crippen LogP contribution >= 0.6 is 0 Å². The summed E-state index contributed by atoms with van der Waals surface area (Å²) in [7, 11) is 40.3. The lowest BCUT2D eigenvalue weighted by atomic mass is 8.99. The Labute approximate surface area is 275 Å². The molecule has 1 aromatic carbocycles. The first-order chi connectivity index (χ1) is 18.2. The number of hydrogen-bond donors (Lipinski definition) is 1. The summed E-state index contributed by atoms with van der Waals surface area (Å²) in [5, 5.41) is -1.96. The van der Waals surface area contributed by atoms with Crippen molar-refractivity contribution in [2.75, 3.05) is 11.8 Å². The summed E-state index contributed by atoms with van der Waals surface area (Å²) < 4.78 is 35.0. The number of sulfonamides is 1. The molecule has 0 bridgehead atoms. The van der Waals surface area contributed by atoms with E-state index in [1.807, 2.05) is 0 Å². The van der Waals surface area contributed by atoms with Crippen LogP contribution in [-0.4, -0.2) is 175 Å². The minimum atomic E-state index is -3.99. The molecular formula is C17H46B19NO4S. The molecule has 0 atom stereocenters. The molecule has 1 aromatic rings. The molecule has 0 aliphatic carbocycles. The first-order valence-electron chi connectivity index (χ1n) is 15.4. The third-order valence-corrected chi connectivity index (χ3v) is 17.3. The number of ether oxygens (including phenoxy) is 1. The highest BCUT2D eigenvalue weighted by molar-refractivity contribution is 7.96. The number of carbonyl (C=O) groups excluding carboxylic acids is 1. The Hall–Kier alpha value is -0.326. The van der Waals surface area contributed by atoms with Crippen LogP contribution in [0, 0.1) is 0 Å². The Morgan fingerprint density at radius 3 is 1.29 bits per heavy atom. The van der Waals surface area contributed by atoms with E-state index in [1.54, 1.807) is 40.0 Å². The van der Waals surface area contributed by atoms with Gasteiger partial charge < -0.3 is 4.74 Å². The van der Waals surface area contributed by atoms with Crippen molar-refractivity contribution in [3.8, 4) is 0 Å². The number of hydrogen-bond acceptors (Lipinski definition) is 4. The van der Waals surface area contributed by atoms with Gasteiger partial charge in [0.25, 0.3) is 0 Å². The van der Waals surface area contributed by atoms with Gasteiger partial charge in [-0.15, -0.1) is 36.4 Å². The van der Waals surface area contributed by atoms with Crippen LogP contribution in [0.3, 0.4) is 0 Å². The average molecular weight is 566 g/mol. The van der Waals surface area contributed by atoms with Gasteiger partial charge in [0, 0.05) is 4.55 Å². The molecule has 0 radical (unpaired) electrons. The molecule has 0 saturated carbocycles. The van der Waals surface area contributed by atoms with Crippen LogP contribution in [0.15, 0.2) is 24.3 Å². The number of methoxy groups -OCH3 is 1. The molecule has 42 heavy (non-hydrogen) atoms. The molecule has 0 saturated heterocycles. The number of rotatable bonds is 12. The van der Waals surface area contributed by atoms with E-state index in [4.69, 9.17) is 4.74 Å². The van der Waals surface area contributed by atoms with E-state index in [1.165, 1.54) is 7.11 Å². The molecule has 206 valence electrons. The van der Waals surface area contributed by atoms with Gasteiger partial charge in [-0.25, -0.2) is 13.2 Å². The highest BCUT2D eigenvalue weighted by Crippen LogP contribution is 2.78. The molecule has 0 spiro atoms. The van der Waals surface area contributed by atoms with Crippen molar-refractivity contribution in [3.05, 3.63) is 29.8 Å². The molecule has 25 heteroatoms. The van der Waals surface area contributed by atoms with Gasteiger partial charge >= 0.3 is 5.97 Å². The summed E-state index contributed by atoms with van der Waals surface area (Å²) in [6.07, 6.45) is 0. The zero-order chi connectivity index (χ0) is 34.0. The van der Waals surface area contributed by atoms with Crippen molar-refractivity contribution in [2.24, 2.45) is 0 Å². The van der Waals surface area contributed by atoms with Gasteiger partial charge in [-0.05, 0) is 12.1 Å². The Morgan fingerprint density at radius 1 is 0.595 bits per heavy atom. The summed E-state index contributed by atoms with van der Waals surface area (Å²) >= 11 is 0. The van der Waals surface area contributed by atoms with Gasteiger partial charge in [0.1, 0.15) is 15.7 Å². The summed E-state index contributed by atoms with van der Waals surface area (Å²) in [5.41, 5.74) is 0.404. The van der Waals surface area contributed by atoms with E-state index in [2.05, 4.69) is 138 Å². The lowest BCUT2D eigenvalue weighted by molar-refractivity contribution is 0.0602. The molecule has 0 amide bonds. The molecule has 0 unspecified atom stereocenters. The van der Waals surface area contributed by atoms with Gasteiger partial charge in [0.2, 0.25) is 10.0 Å². The molecule has 0 aromatic heterocycles. The van der Waals surface area contributed by atoms with Crippen molar-refractivity contribution >= 4 is 171 Å². The third-order valence-electron chi connectivity index (χ3n) is 15.0. The number of esters is 1. The maximum absolute atomic E-state index is 14.3. The normalized spacial score (nSPS) is 15.0. The van der Waals surface area contributed by atoms with Crippen LogP contribution in [0.5, 0.6) is 0 Å². The summed E-state index contributed by atoms with van der Waals surface area (Å²) in [5.74, 6) is -0.586. The SMILES string of the molecule is BC(B)(B)C(B)(B)C(B)(B)C(B)(B)C(B)(B)C(B)(B)C(B)(B)C(B)(B)C(B)(B)S(=O)(=O)Nc1ccccc1C(=O)OC. The average Bonchev–Trinajstić information content (AvgIpc) is 2.81. The fourth-order valence-electron chi connectivity index (χ4n) is 7.06. The van der Waals surface area contributed by atoms with E-state index in [0.29, 0.717) is 0 Å². The predicted molar refractivity (Wildman–Crippen MR) is 237 cm³/mol. The van der Waals surface area contributed by atoms with E-state index in [9.17, 15) is 13.2 Å². The number of anilines is 1. The first kappa shape index (κ1) is 39.7. The fourth-order valence-corrected chi connectivity index (χ4v) is 8.71. The molecule has 1 rings (SSSR count). The topological polar surface area (TPSA) is 72.5 Å². The number of para-hydroxylation sites is 1. The second-order valence-corrected chi connectivity index (χ2v) is 20.0. The first-order valence-corrected chi connectivity index (χ1v) is 16.9. The molecule has 1 N–H and O–H groups in total. The number of carbonyl (C=O) groups is 1. The predicted octanol–water partition coefficient (Wildman–Crippen LogP) is -15.2. The van der Waals surface area contributed by atoms with Gasteiger partial charge in [-0.1, -0.05) is 17.3 Å². The maximum Gasteiger partial charge on any atom is 0.339 e. The van der Waals surface area contributed by atoms with Crippen LogP contribution in [-0.2, 0) is 14.8 Å². The van der Waals surface area contributed by atoms with Gasteiger partial charge in [0.05, 0.1) is 152 Å². The standard InChI is InChI=1S/C17H46B19NO4S/c1-41-8(38)6-4-2-3-5-7(6)37-42(39,40)17(35,36)15(30,31)13(26,27)11(22,23)9(18,19)10(20,21)12(24,25)14(28,29)16(32,33)34/h2-5,37H,18-36H2,1H3. The van der Waals surface area contributed by atoms with Crippen LogP contribution in [0.4, 0.5) is 5.69 Å². The lowest BCUT2D eigenvalue weighted by Gasteiger charge is -2.73. The smallest absolute Gasteiger partial charge is 0.339 e. The Morgan fingerprint density at radius 2 is 0.929 bits per heavy atom. The Balaban J connectivity index is 3.80. The molecular weight excluding hydrogens is 520 g/mol. The third kappa shape index (κ3) is 5.63. The minimum absolute atomic E-state index is 0.00390. The van der Waals surface area contributed by atoms with Crippen molar-refractivity contribution < 1.29 is 17.9 Å². The number of nitrogens with one attached hydrogen (secondary N) is 1. The monoisotopic (exact) mass is 569 g/mol. The van der Waals surface area contributed by atoms with Crippen molar-refractivity contribution in [1.29, 1.82) is 0 Å². The fraction of sp³-hybridized carbons (Fsp3) is 0.588. The molecule has 0 fully saturated rings. The largest absolute Gasteiger partial charge is 0.465 e. The molecule has 0 aliphatic heterocycles. The molecule has 5 nitrogen and oxygen atoms in total. The van der Waals surface area contributed by atoms with Crippen LogP contribution in [0.25, 0.3) is 0 Å². The van der Waals surface area contributed by atoms with Crippen molar-refractivity contribution in [2.45, 2.75) is 46.2 Å². The second-order valence-electron chi connectivity index (χ2n) is 17.8. The van der Waals surface area contributed by atoms with Gasteiger partial charge in [-0.2, -0.15) is 0 Å². The minimum Gasteiger partial charge on any atom is -0.465 e. The Bertz CT molecular complexity index is 1290. The van der Waals surface area contributed by atoms with Crippen molar-refractivity contribution in [3.63, 3.8) is 0 Å². The molecule has 0 heterocycles. The van der Waals surface area contributed by atoms with Crippen LogP contribution in [0.2, 0.25) is 41.6 Å². The maximum atomic E-state index is 14.3. The summed E-state index contributed by atoms with van der Waals surface area (Å²) in [6, 6.07) is 6.57. The van der Waals surface area contributed by atoms with E-state index >= 15 is 0 Å². The zero-order valence-corrected chi connectivity index (χ0v) is 31.7. The Kier molecular flexibility index (Phi) is 10.9. The second kappa shape index (κ2) is 11.5. The number of benzene rings is 1. The van der Waals surface area contributed by atoms with Gasteiger partial charge in [-0.3, -0.25) is 4.72 Å².